The Morgan fingerprint density at radius 2 is 1.77 bits per heavy atom. The van der Waals surface area contributed by atoms with E-state index in [4.69, 9.17) is 13.9 Å². The maximum Gasteiger partial charge on any atom is 0.349 e. The van der Waals surface area contributed by atoms with E-state index in [1.165, 1.54) is 0 Å². The quantitative estimate of drug-likeness (QED) is 0.519. The zero-order valence-corrected chi connectivity index (χ0v) is 17.9. The van der Waals surface area contributed by atoms with Gasteiger partial charge >= 0.3 is 5.97 Å². The molecular weight excluding hydrogens is 380 g/mol. The van der Waals surface area contributed by atoms with E-state index in [2.05, 4.69) is 10.3 Å². The van der Waals surface area contributed by atoms with Crippen LogP contribution in [0.4, 0.5) is 0 Å². The third-order valence-electron chi connectivity index (χ3n) is 4.60. The smallest absolute Gasteiger partial charge is 0.349 e. The third kappa shape index (κ3) is 5.48. The fraction of sp³-hybridized carbons (Fsp3) is 0.333. The molecule has 0 saturated heterocycles. The summed E-state index contributed by atoms with van der Waals surface area (Å²) >= 11 is 0. The minimum absolute atomic E-state index is 0.327. The van der Waals surface area contributed by atoms with Crippen molar-refractivity contribution in [3.05, 3.63) is 71.6 Å². The second-order valence-corrected chi connectivity index (χ2v) is 7.47. The first-order valence-corrected chi connectivity index (χ1v) is 10.1. The van der Waals surface area contributed by atoms with Crippen molar-refractivity contribution in [1.82, 2.24) is 10.3 Å². The summed E-state index contributed by atoms with van der Waals surface area (Å²) in [7, 11) is 0. The number of carbonyl (C=O) groups excluding carboxylic acids is 1. The third-order valence-corrected chi connectivity index (χ3v) is 4.60. The molecule has 0 aliphatic rings. The highest BCUT2D eigenvalue weighted by molar-refractivity contribution is 5.79. The lowest BCUT2D eigenvalue weighted by Crippen LogP contribution is -2.39. The van der Waals surface area contributed by atoms with Gasteiger partial charge in [0.15, 0.2) is 5.60 Å². The van der Waals surface area contributed by atoms with Gasteiger partial charge in [-0.15, -0.1) is 0 Å². The van der Waals surface area contributed by atoms with E-state index in [-0.39, 0.29) is 5.97 Å². The Hall–Kier alpha value is -3.12. The van der Waals surface area contributed by atoms with Crippen molar-refractivity contribution in [2.24, 2.45) is 0 Å². The van der Waals surface area contributed by atoms with Gasteiger partial charge in [-0.2, -0.15) is 0 Å². The van der Waals surface area contributed by atoms with Crippen LogP contribution in [0.15, 0.2) is 59.0 Å². The Labute approximate surface area is 177 Å². The van der Waals surface area contributed by atoms with E-state index in [0.29, 0.717) is 31.3 Å². The molecule has 0 spiro atoms. The van der Waals surface area contributed by atoms with Crippen molar-refractivity contribution < 1.29 is 18.7 Å². The van der Waals surface area contributed by atoms with E-state index in [1.54, 1.807) is 20.8 Å². The summed E-state index contributed by atoms with van der Waals surface area (Å²) in [6.45, 7) is 8.71. The number of aryl methyl sites for hydroxylation is 1. The Bertz CT molecular complexity index is 963. The van der Waals surface area contributed by atoms with Crippen LogP contribution in [0.1, 0.15) is 37.8 Å². The first-order valence-electron chi connectivity index (χ1n) is 10.1. The molecule has 3 rings (SSSR count). The lowest BCUT2D eigenvalue weighted by atomic mass is 10.1. The molecule has 0 radical (unpaired) electrons. The van der Waals surface area contributed by atoms with Gasteiger partial charge in [0.2, 0.25) is 5.89 Å². The molecule has 0 amide bonds. The Kier molecular flexibility index (Phi) is 6.90. The maximum absolute atomic E-state index is 12.0. The number of hydrogen-bond donors (Lipinski definition) is 1. The Morgan fingerprint density at radius 1 is 1.07 bits per heavy atom. The van der Waals surface area contributed by atoms with E-state index >= 15 is 0 Å². The highest BCUT2D eigenvalue weighted by Gasteiger charge is 2.31. The average Bonchev–Trinajstić information content (AvgIpc) is 3.10. The number of nitrogens with zero attached hydrogens (tertiary/aromatic N) is 1. The van der Waals surface area contributed by atoms with Crippen LogP contribution in [0.2, 0.25) is 0 Å². The molecule has 3 aromatic rings. The van der Waals surface area contributed by atoms with E-state index in [9.17, 15) is 4.79 Å². The summed E-state index contributed by atoms with van der Waals surface area (Å²) in [5, 5.41) is 3.39. The molecule has 1 aromatic heterocycles. The van der Waals surface area contributed by atoms with Crippen molar-refractivity contribution >= 4 is 5.97 Å². The molecule has 6 heteroatoms. The number of rotatable bonds is 9. The van der Waals surface area contributed by atoms with Gasteiger partial charge in [0, 0.05) is 18.7 Å². The molecule has 158 valence electrons. The van der Waals surface area contributed by atoms with Gasteiger partial charge in [-0.1, -0.05) is 30.3 Å². The minimum atomic E-state index is -1.03. The highest BCUT2D eigenvalue weighted by Crippen LogP contribution is 2.22. The van der Waals surface area contributed by atoms with Crippen LogP contribution in [-0.4, -0.2) is 23.2 Å². The van der Waals surface area contributed by atoms with Crippen LogP contribution in [0.3, 0.4) is 0 Å². The monoisotopic (exact) mass is 408 g/mol. The van der Waals surface area contributed by atoms with Gasteiger partial charge in [-0.3, -0.25) is 0 Å². The molecule has 6 nitrogen and oxygen atoms in total. The second-order valence-electron chi connectivity index (χ2n) is 7.47. The normalized spacial score (nSPS) is 11.3. The van der Waals surface area contributed by atoms with Crippen LogP contribution in [-0.2, 0) is 22.6 Å². The van der Waals surface area contributed by atoms with Crippen molar-refractivity contribution in [3.63, 3.8) is 0 Å². The molecule has 0 aliphatic heterocycles. The zero-order valence-electron chi connectivity index (χ0n) is 17.9. The molecule has 0 unspecified atom stereocenters. The molecular formula is C24H28N2O4. The zero-order chi connectivity index (χ0) is 21.6. The molecule has 0 fully saturated rings. The predicted molar refractivity (Wildman–Crippen MR) is 115 cm³/mol. The summed E-state index contributed by atoms with van der Waals surface area (Å²) in [4.78, 5) is 16.6. The van der Waals surface area contributed by atoms with Gasteiger partial charge in [-0.05, 0) is 57.5 Å². The minimum Gasteiger partial charge on any atom is -0.476 e. The fourth-order valence-corrected chi connectivity index (χ4v) is 2.94. The van der Waals surface area contributed by atoms with Crippen molar-refractivity contribution in [3.8, 4) is 17.2 Å². The largest absolute Gasteiger partial charge is 0.476 e. The lowest BCUT2D eigenvalue weighted by Gasteiger charge is -2.24. The van der Waals surface area contributed by atoms with Crippen LogP contribution in [0.5, 0.6) is 5.75 Å². The molecule has 0 bridgehead atoms. The summed E-state index contributed by atoms with van der Waals surface area (Å²) in [6.07, 6.45) is 0. The molecule has 0 saturated carbocycles. The first kappa shape index (κ1) is 21.6. The summed E-state index contributed by atoms with van der Waals surface area (Å²) in [5.74, 6) is 1.69. The summed E-state index contributed by atoms with van der Waals surface area (Å²) in [6, 6.07) is 17.5. The summed E-state index contributed by atoms with van der Waals surface area (Å²) < 4.78 is 16.6. The Balaban J connectivity index is 1.54. The van der Waals surface area contributed by atoms with Crippen LogP contribution in [0.25, 0.3) is 11.5 Å². The van der Waals surface area contributed by atoms with Crippen molar-refractivity contribution in [2.45, 2.75) is 46.4 Å². The number of esters is 1. The average molecular weight is 408 g/mol. The standard InChI is InChI=1S/C24H28N2O4/c1-5-28-23(27)24(3,4)30-20-13-11-18(12-14-20)15-25-16-21-17(2)29-22(26-21)19-9-7-6-8-10-19/h6-14,25H,5,15-16H2,1-4H3. The number of benzene rings is 2. The van der Waals surface area contributed by atoms with Crippen LogP contribution in [0, 0.1) is 6.92 Å². The SMILES string of the molecule is CCOC(=O)C(C)(C)Oc1ccc(CNCc2nc(-c3ccccc3)oc2C)cc1. The van der Waals surface area contributed by atoms with Crippen molar-refractivity contribution in [1.29, 1.82) is 0 Å². The van der Waals surface area contributed by atoms with Crippen LogP contribution >= 0.6 is 0 Å². The molecule has 30 heavy (non-hydrogen) atoms. The number of carbonyl (C=O) groups is 1. The lowest BCUT2D eigenvalue weighted by molar-refractivity contribution is -0.158. The topological polar surface area (TPSA) is 73.6 Å². The molecule has 2 aromatic carbocycles. The van der Waals surface area contributed by atoms with Gasteiger partial charge in [0.1, 0.15) is 11.5 Å². The number of oxazole rings is 1. The van der Waals surface area contributed by atoms with E-state index in [1.807, 2.05) is 61.5 Å². The number of ether oxygens (including phenoxy) is 2. The van der Waals surface area contributed by atoms with Gasteiger partial charge in [0.05, 0.1) is 12.3 Å². The maximum atomic E-state index is 12.0. The number of hydrogen-bond acceptors (Lipinski definition) is 6. The first-order chi connectivity index (χ1) is 14.4. The van der Waals surface area contributed by atoms with Crippen LogP contribution < -0.4 is 10.1 Å². The van der Waals surface area contributed by atoms with Crippen molar-refractivity contribution in [2.75, 3.05) is 6.61 Å². The summed E-state index contributed by atoms with van der Waals surface area (Å²) in [5.41, 5.74) is 1.93. The number of aromatic nitrogens is 1. The van der Waals surface area contributed by atoms with Gasteiger partial charge in [0.25, 0.3) is 0 Å². The predicted octanol–water partition coefficient (Wildman–Crippen LogP) is 4.66. The molecule has 0 aliphatic carbocycles. The second kappa shape index (κ2) is 9.59. The van der Waals surface area contributed by atoms with E-state index < -0.39 is 5.60 Å². The van der Waals surface area contributed by atoms with E-state index in [0.717, 1.165) is 22.6 Å². The number of nitrogens with one attached hydrogen (secondary N) is 1. The fourth-order valence-electron chi connectivity index (χ4n) is 2.94. The van der Waals surface area contributed by atoms with Gasteiger partial charge < -0.3 is 19.2 Å². The molecule has 1 N–H and O–H groups in total. The highest BCUT2D eigenvalue weighted by atomic mass is 16.6. The van der Waals surface area contributed by atoms with Gasteiger partial charge in [-0.25, -0.2) is 9.78 Å². The molecule has 0 atom stereocenters. The Morgan fingerprint density at radius 3 is 2.43 bits per heavy atom. The molecule has 1 heterocycles.